The molecule has 0 N–H and O–H groups in total. The molecule has 1 aromatic rings. The van der Waals surface area contributed by atoms with Gasteiger partial charge in [0.15, 0.2) is 11.5 Å². The molecule has 0 bridgehead atoms. The van der Waals surface area contributed by atoms with Crippen LogP contribution in [0.3, 0.4) is 0 Å². The van der Waals surface area contributed by atoms with E-state index in [0.717, 1.165) is 5.56 Å². The number of nitriles is 1. The van der Waals surface area contributed by atoms with Gasteiger partial charge in [-0.1, -0.05) is 13.8 Å². The number of benzene rings is 1. The monoisotopic (exact) mass is 205 g/mol. The van der Waals surface area contributed by atoms with Crippen LogP contribution in [0.2, 0.25) is 0 Å². The second-order valence-corrected chi connectivity index (χ2v) is 3.57. The molecular weight excluding hydrogens is 190 g/mol. The van der Waals surface area contributed by atoms with Gasteiger partial charge in [0.25, 0.3) is 0 Å². The summed E-state index contributed by atoms with van der Waals surface area (Å²) in [7, 11) is 3.11. The summed E-state index contributed by atoms with van der Waals surface area (Å²) in [6, 6.07) is 5.86. The highest BCUT2D eigenvalue weighted by Crippen LogP contribution is 2.34. The Balaban J connectivity index is 3.37. The van der Waals surface area contributed by atoms with Gasteiger partial charge >= 0.3 is 0 Å². The van der Waals surface area contributed by atoms with Crippen molar-refractivity contribution in [2.45, 2.75) is 19.8 Å². The molecule has 0 saturated heterocycles. The Hall–Kier alpha value is -1.69. The number of methoxy groups -OCH3 is 2. The maximum absolute atomic E-state index is 8.99. The van der Waals surface area contributed by atoms with Crippen LogP contribution in [0.1, 0.15) is 30.9 Å². The van der Waals surface area contributed by atoms with Crippen LogP contribution in [0.5, 0.6) is 11.5 Å². The maximum atomic E-state index is 8.99. The van der Waals surface area contributed by atoms with Crippen molar-refractivity contribution in [2.75, 3.05) is 14.2 Å². The molecule has 0 aliphatic rings. The molecule has 0 saturated carbocycles. The van der Waals surface area contributed by atoms with Crippen LogP contribution < -0.4 is 9.47 Å². The van der Waals surface area contributed by atoms with Gasteiger partial charge < -0.3 is 9.47 Å². The molecule has 80 valence electrons. The minimum absolute atomic E-state index is 0.358. The summed E-state index contributed by atoms with van der Waals surface area (Å²) in [5.74, 6) is 1.47. The smallest absolute Gasteiger partial charge is 0.178 e. The highest BCUT2D eigenvalue weighted by molar-refractivity contribution is 5.55. The Morgan fingerprint density at radius 1 is 1.20 bits per heavy atom. The summed E-state index contributed by atoms with van der Waals surface area (Å²) in [6.07, 6.45) is 0. The van der Waals surface area contributed by atoms with Crippen molar-refractivity contribution in [3.63, 3.8) is 0 Å². The van der Waals surface area contributed by atoms with E-state index in [9.17, 15) is 0 Å². The van der Waals surface area contributed by atoms with Crippen LogP contribution in [0.25, 0.3) is 0 Å². The molecule has 0 heterocycles. The predicted octanol–water partition coefficient (Wildman–Crippen LogP) is 2.70. The lowest BCUT2D eigenvalue weighted by Crippen LogP contribution is -1.97. The van der Waals surface area contributed by atoms with Crippen molar-refractivity contribution in [3.05, 3.63) is 23.3 Å². The van der Waals surface area contributed by atoms with E-state index < -0.39 is 0 Å². The molecule has 0 aliphatic heterocycles. The highest BCUT2D eigenvalue weighted by Gasteiger charge is 2.13. The standard InChI is InChI=1S/C12H15NO2/c1-8(2)9-5-10(7-13)12(15-4)11(6-9)14-3/h5-6,8H,1-4H3. The average Bonchev–Trinajstić information content (AvgIpc) is 2.26. The molecule has 0 unspecified atom stereocenters. The van der Waals surface area contributed by atoms with Crippen LogP contribution in [0, 0.1) is 11.3 Å². The van der Waals surface area contributed by atoms with Crippen molar-refractivity contribution in [2.24, 2.45) is 0 Å². The van der Waals surface area contributed by atoms with Gasteiger partial charge in [-0.2, -0.15) is 5.26 Å². The summed E-state index contributed by atoms with van der Waals surface area (Å²) >= 11 is 0. The zero-order valence-electron chi connectivity index (χ0n) is 9.50. The lowest BCUT2D eigenvalue weighted by Gasteiger charge is -2.13. The van der Waals surface area contributed by atoms with Crippen molar-refractivity contribution >= 4 is 0 Å². The molecule has 0 spiro atoms. The van der Waals surface area contributed by atoms with E-state index in [1.807, 2.05) is 12.1 Å². The van der Waals surface area contributed by atoms with E-state index in [4.69, 9.17) is 14.7 Å². The molecule has 0 fully saturated rings. The molecule has 3 nitrogen and oxygen atoms in total. The van der Waals surface area contributed by atoms with E-state index in [1.54, 1.807) is 7.11 Å². The third-order valence-electron chi connectivity index (χ3n) is 2.29. The molecule has 0 atom stereocenters. The molecule has 1 aromatic carbocycles. The van der Waals surface area contributed by atoms with Crippen LogP contribution >= 0.6 is 0 Å². The first-order valence-corrected chi connectivity index (χ1v) is 4.80. The molecule has 15 heavy (non-hydrogen) atoms. The van der Waals surface area contributed by atoms with Gasteiger partial charge in [-0.3, -0.25) is 0 Å². The van der Waals surface area contributed by atoms with Crippen LogP contribution in [-0.4, -0.2) is 14.2 Å². The minimum atomic E-state index is 0.358. The summed E-state index contributed by atoms with van der Waals surface area (Å²) in [4.78, 5) is 0. The van der Waals surface area contributed by atoms with Gasteiger partial charge in [0.05, 0.1) is 19.8 Å². The third-order valence-corrected chi connectivity index (χ3v) is 2.29. The topological polar surface area (TPSA) is 42.2 Å². The number of hydrogen-bond acceptors (Lipinski definition) is 3. The van der Waals surface area contributed by atoms with E-state index >= 15 is 0 Å². The second kappa shape index (κ2) is 4.70. The van der Waals surface area contributed by atoms with Crippen LogP contribution in [0.15, 0.2) is 12.1 Å². The second-order valence-electron chi connectivity index (χ2n) is 3.57. The number of ether oxygens (including phenoxy) is 2. The predicted molar refractivity (Wildman–Crippen MR) is 58.4 cm³/mol. The molecule has 0 amide bonds. The van der Waals surface area contributed by atoms with Crippen LogP contribution in [-0.2, 0) is 0 Å². The zero-order chi connectivity index (χ0) is 11.4. The van der Waals surface area contributed by atoms with Crippen molar-refractivity contribution in [3.8, 4) is 17.6 Å². The highest BCUT2D eigenvalue weighted by atomic mass is 16.5. The Labute approximate surface area is 90.2 Å². The van der Waals surface area contributed by atoms with E-state index in [2.05, 4.69) is 19.9 Å². The lowest BCUT2D eigenvalue weighted by molar-refractivity contribution is 0.353. The van der Waals surface area contributed by atoms with Gasteiger partial charge in [0.2, 0.25) is 0 Å². The Kier molecular flexibility index (Phi) is 3.56. The van der Waals surface area contributed by atoms with E-state index in [0.29, 0.717) is 23.0 Å². The first-order chi connectivity index (χ1) is 7.13. The SMILES string of the molecule is COc1cc(C(C)C)cc(C#N)c1OC. The largest absolute Gasteiger partial charge is 0.493 e. The van der Waals surface area contributed by atoms with Gasteiger partial charge in [0, 0.05) is 0 Å². The fraction of sp³-hybridized carbons (Fsp3) is 0.417. The number of hydrogen-bond donors (Lipinski definition) is 0. The summed E-state index contributed by atoms with van der Waals surface area (Å²) < 4.78 is 10.3. The molecule has 3 heteroatoms. The van der Waals surface area contributed by atoms with E-state index in [1.165, 1.54) is 7.11 Å². The molecule has 1 rings (SSSR count). The van der Waals surface area contributed by atoms with Crippen LogP contribution in [0.4, 0.5) is 0 Å². The number of rotatable bonds is 3. The fourth-order valence-electron chi connectivity index (χ4n) is 1.40. The molecule has 0 radical (unpaired) electrons. The summed E-state index contributed by atoms with van der Waals surface area (Å²) in [5.41, 5.74) is 1.59. The molecular formula is C12H15NO2. The van der Waals surface area contributed by atoms with E-state index in [-0.39, 0.29) is 0 Å². The summed E-state index contributed by atoms with van der Waals surface area (Å²) in [6.45, 7) is 4.14. The zero-order valence-corrected chi connectivity index (χ0v) is 9.50. The van der Waals surface area contributed by atoms with Gasteiger partial charge in [-0.05, 0) is 23.6 Å². The Morgan fingerprint density at radius 3 is 2.27 bits per heavy atom. The fourth-order valence-corrected chi connectivity index (χ4v) is 1.40. The first kappa shape index (κ1) is 11.4. The maximum Gasteiger partial charge on any atom is 0.178 e. The Morgan fingerprint density at radius 2 is 1.87 bits per heavy atom. The Bertz CT molecular complexity index is 391. The van der Waals surface area contributed by atoms with Crippen molar-refractivity contribution < 1.29 is 9.47 Å². The van der Waals surface area contributed by atoms with Gasteiger partial charge in [0.1, 0.15) is 6.07 Å². The average molecular weight is 205 g/mol. The molecule has 0 aliphatic carbocycles. The number of nitrogens with zero attached hydrogens (tertiary/aromatic N) is 1. The summed E-state index contributed by atoms with van der Waals surface area (Å²) in [5, 5.41) is 8.99. The third kappa shape index (κ3) is 2.21. The molecule has 0 aromatic heterocycles. The van der Waals surface area contributed by atoms with Crippen molar-refractivity contribution in [1.29, 1.82) is 5.26 Å². The normalized spacial score (nSPS) is 9.87. The quantitative estimate of drug-likeness (QED) is 0.761. The van der Waals surface area contributed by atoms with Crippen molar-refractivity contribution in [1.82, 2.24) is 0 Å². The minimum Gasteiger partial charge on any atom is -0.493 e. The van der Waals surface area contributed by atoms with Gasteiger partial charge in [-0.25, -0.2) is 0 Å². The lowest BCUT2D eigenvalue weighted by atomic mass is 10.00. The van der Waals surface area contributed by atoms with Gasteiger partial charge in [-0.15, -0.1) is 0 Å². The first-order valence-electron chi connectivity index (χ1n) is 4.80.